The monoisotopic (exact) mass is 318 g/mol. The maximum atomic E-state index is 13.8. The summed E-state index contributed by atoms with van der Waals surface area (Å²) in [5.41, 5.74) is 0.803. The van der Waals surface area contributed by atoms with E-state index in [1.54, 1.807) is 12.1 Å². The van der Waals surface area contributed by atoms with Crippen LogP contribution in [0.1, 0.15) is 28.2 Å². The summed E-state index contributed by atoms with van der Waals surface area (Å²) < 4.78 is 13.8. The van der Waals surface area contributed by atoms with Crippen molar-refractivity contribution in [1.82, 2.24) is 10.2 Å². The molecule has 0 unspecified atom stereocenters. The number of aryl methyl sites for hydroxylation is 1. The molecule has 2 aromatic rings. The number of nitrogens with zero attached hydrogens (tertiary/aromatic N) is 1. The van der Waals surface area contributed by atoms with Crippen LogP contribution in [0.5, 0.6) is 0 Å². The van der Waals surface area contributed by atoms with Gasteiger partial charge in [-0.3, -0.25) is 4.90 Å². The van der Waals surface area contributed by atoms with E-state index in [1.807, 2.05) is 23.5 Å². The topological polar surface area (TPSA) is 15.3 Å². The summed E-state index contributed by atoms with van der Waals surface area (Å²) in [6.45, 7) is 5.86. The first-order valence-electron chi connectivity index (χ1n) is 7.95. The van der Waals surface area contributed by atoms with Crippen LogP contribution in [0.15, 0.2) is 36.4 Å². The van der Waals surface area contributed by atoms with Crippen LogP contribution in [-0.4, -0.2) is 24.0 Å². The Balaban J connectivity index is 1.52. The second kappa shape index (κ2) is 7.36. The molecule has 1 saturated heterocycles. The Hall–Kier alpha value is -1.23. The van der Waals surface area contributed by atoms with Crippen LogP contribution in [0, 0.1) is 12.7 Å². The zero-order valence-corrected chi connectivity index (χ0v) is 13.8. The summed E-state index contributed by atoms with van der Waals surface area (Å²) >= 11 is 1.86. The molecule has 1 N–H and O–H groups in total. The van der Waals surface area contributed by atoms with Crippen molar-refractivity contribution in [3.05, 3.63) is 57.5 Å². The highest BCUT2D eigenvalue weighted by Crippen LogP contribution is 2.18. The second-order valence-corrected chi connectivity index (χ2v) is 7.43. The lowest BCUT2D eigenvalue weighted by molar-refractivity contribution is 0.181. The second-order valence-electron chi connectivity index (χ2n) is 6.06. The summed E-state index contributed by atoms with van der Waals surface area (Å²) in [6.07, 6.45) is 2.38. The lowest BCUT2D eigenvalue weighted by atomic mass is 10.0. The smallest absolute Gasteiger partial charge is 0.127 e. The molecular formula is C18H23FN2S. The molecule has 1 atom stereocenters. The lowest BCUT2D eigenvalue weighted by Crippen LogP contribution is -2.45. The van der Waals surface area contributed by atoms with Crippen LogP contribution in [0.25, 0.3) is 0 Å². The molecule has 1 fully saturated rings. The number of hydrogen-bond donors (Lipinski definition) is 1. The molecule has 1 aromatic heterocycles. The first kappa shape index (κ1) is 15.7. The molecule has 0 bridgehead atoms. The van der Waals surface area contributed by atoms with Gasteiger partial charge >= 0.3 is 0 Å². The number of piperidine rings is 1. The Kier molecular flexibility index (Phi) is 5.24. The van der Waals surface area contributed by atoms with E-state index >= 15 is 0 Å². The normalized spacial score (nSPS) is 19.5. The van der Waals surface area contributed by atoms with Crippen molar-refractivity contribution >= 4 is 11.3 Å². The van der Waals surface area contributed by atoms with E-state index in [2.05, 4.69) is 29.3 Å². The third-order valence-electron chi connectivity index (χ3n) is 4.22. The maximum absolute atomic E-state index is 13.8. The first-order chi connectivity index (χ1) is 10.7. The quantitative estimate of drug-likeness (QED) is 0.898. The Morgan fingerprint density at radius 3 is 2.91 bits per heavy atom. The van der Waals surface area contributed by atoms with Crippen LogP contribution in [0.4, 0.5) is 4.39 Å². The Morgan fingerprint density at radius 2 is 2.14 bits per heavy atom. The molecule has 118 valence electrons. The van der Waals surface area contributed by atoms with Crippen LogP contribution in [-0.2, 0) is 13.1 Å². The molecule has 4 heteroatoms. The van der Waals surface area contributed by atoms with Gasteiger partial charge in [0.1, 0.15) is 5.82 Å². The van der Waals surface area contributed by atoms with Crippen molar-refractivity contribution in [3.63, 3.8) is 0 Å². The number of halogens is 1. The maximum Gasteiger partial charge on any atom is 0.127 e. The predicted octanol–water partition coefficient (Wildman–Crippen LogP) is 3.95. The van der Waals surface area contributed by atoms with Gasteiger partial charge in [0.15, 0.2) is 0 Å². The SMILES string of the molecule is Cc1ccc(CN[C@@H]2CCCN(Cc3ccccc3F)C2)s1. The Morgan fingerprint density at radius 1 is 1.27 bits per heavy atom. The summed E-state index contributed by atoms with van der Waals surface area (Å²) in [6, 6.07) is 12.0. The number of hydrogen-bond acceptors (Lipinski definition) is 3. The van der Waals surface area contributed by atoms with Gasteiger partial charge in [0, 0.05) is 41.0 Å². The molecule has 0 aliphatic carbocycles. The number of benzene rings is 1. The molecule has 0 amide bonds. The molecule has 0 spiro atoms. The summed E-state index contributed by atoms with van der Waals surface area (Å²) in [7, 11) is 0. The van der Waals surface area contributed by atoms with E-state index < -0.39 is 0 Å². The summed E-state index contributed by atoms with van der Waals surface area (Å²) in [4.78, 5) is 5.12. The zero-order chi connectivity index (χ0) is 15.4. The Labute approximate surface area is 136 Å². The third kappa shape index (κ3) is 4.15. The molecule has 1 aliphatic heterocycles. The summed E-state index contributed by atoms with van der Waals surface area (Å²) in [5.74, 6) is -0.0911. The van der Waals surface area contributed by atoms with Crippen molar-refractivity contribution in [2.24, 2.45) is 0 Å². The minimum atomic E-state index is -0.0911. The van der Waals surface area contributed by atoms with Gasteiger partial charge in [0.05, 0.1) is 0 Å². The average molecular weight is 318 g/mol. The van der Waals surface area contributed by atoms with Gasteiger partial charge in [0.25, 0.3) is 0 Å². The van der Waals surface area contributed by atoms with Crippen LogP contribution in [0.3, 0.4) is 0 Å². The van der Waals surface area contributed by atoms with Gasteiger partial charge in [-0.05, 0) is 44.5 Å². The number of rotatable bonds is 5. The van der Waals surface area contributed by atoms with E-state index in [0.29, 0.717) is 12.6 Å². The van der Waals surface area contributed by atoms with E-state index in [0.717, 1.165) is 25.2 Å². The van der Waals surface area contributed by atoms with Crippen molar-refractivity contribution < 1.29 is 4.39 Å². The molecule has 2 nitrogen and oxygen atoms in total. The minimum absolute atomic E-state index is 0.0911. The van der Waals surface area contributed by atoms with E-state index in [1.165, 1.54) is 22.6 Å². The van der Waals surface area contributed by atoms with Crippen molar-refractivity contribution in [2.75, 3.05) is 13.1 Å². The molecule has 1 aliphatic rings. The highest BCUT2D eigenvalue weighted by Gasteiger charge is 2.20. The number of likely N-dealkylation sites (tertiary alicyclic amines) is 1. The van der Waals surface area contributed by atoms with Gasteiger partial charge in [-0.15, -0.1) is 11.3 Å². The van der Waals surface area contributed by atoms with Gasteiger partial charge < -0.3 is 5.32 Å². The predicted molar refractivity (Wildman–Crippen MR) is 90.6 cm³/mol. The van der Waals surface area contributed by atoms with E-state index in [9.17, 15) is 4.39 Å². The van der Waals surface area contributed by atoms with Crippen molar-refractivity contribution in [2.45, 2.75) is 38.9 Å². The number of nitrogens with one attached hydrogen (secondary N) is 1. The molecule has 2 heterocycles. The van der Waals surface area contributed by atoms with Gasteiger partial charge in [0.2, 0.25) is 0 Å². The molecule has 0 radical (unpaired) electrons. The molecular weight excluding hydrogens is 295 g/mol. The molecule has 22 heavy (non-hydrogen) atoms. The van der Waals surface area contributed by atoms with Gasteiger partial charge in [-0.2, -0.15) is 0 Å². The lowest BCUT2D eigenvalue weighted by Gasteiger charge is -2.33. The standard InChI is InChI=1S/C18H23FN2S/c1-14-8-9-17(22-14)11-20-16-6-4-10-21(13-16)12-15-5-2-3-7-18(15)19/h2-3,5,7-9,16,20H,4,6,10-13H2,1H3/t16-/m1/s1. The van der Waals surface area contributed by atoms with Crippen LogP contribution < -0.4 is 5.32 Å². The minimum Gasteiger partial charge on any atom is -0.308 e. The first-order valence-corrected chi connectivity index (χ1v) is 8.77. The third-order valence-corrected chi connectivity index (χ3v) is 5.22. The van der Waals surface area contributed by atoms with E-state index in [4.69, 9.17) is 0 Å². The highest BCUT2D eigenvalue weighted by molar-refractivity contribution is 7.11. The van der Waals surface area contributed by atoms with Gasteiger partial charge in [-0.1, -0.05) is 18.2 Å². The van der Waals surface area contributed by atoms with Crippen molar-refractivity contribution in [3.8, 4) is 0 Å². The van der Waals surface area contributed by atoms with Crippen LogP contribution in [0.2, 0.25) is 0 Å². The Bertz CT molecular complexity index is 611. The molecule has 0 saturated carbocycles. The fourth-order valence-corrected chi connectivity index (χ4v) is 3.90. The number of thiophene rings is 1. The van der Waals surface area contributed by atoms with Crippen molar-refractivity contribution in [1.29, 1.82) is 0 Å². The summed E-state index contributed by atoms with van der Waals surface area (Å²) in [5, 5.41) is 3.66. The molecule has 1 aromatic carbocycles. The fraction of sp³-hybridized carbons (Fsp3) is 0.444. The van der Waals surface area contributed by atoms with Crippen LogP contribution >= 0.6 is 11.3 Å². The molecule has 3 rings (SSSR count). The van der Waals surface area contributed by atoms with Gasteiger partial charge in [-0.25, -0.2) is 4.39 Å². The zero-order valence-electron chi connectivity index (χ0n) is 13.0. The van der Waals surface area contributed by atoms with E-state index in [-0.39, 0.29) is 5.82 Å². The largest absolute Gasteiger partial charge is 0.308 e. The average Bonchev–Trinajstić information content (AvgIpc) is 2.94. The highest BCUT2D eigenvalue weighted by atomic mass is 32.1. The fourth-order valence-electron chi connectivity index (χ4n) is 3.06.